The van der Waals surface area contributed by atoms with Crippen LogP contribution in [-0.4, -0.2) is 29.7 Å². The van der Waals surface area contributed by atoms with Crippen LogP contribution in [0.3, 0.4) is 0 Å². The van der Waals surface area contributed by atoms with Crippen LogP contribution in [-0.2, 0) is 15.0 Å². The second-order valence-electron chi connectivity index (χ2n) is 7.11. The summed E-state index contributed by atoms with van der Waals surface area (Å²) in [5, 5.41) is 9.54. The van der Waals surface area contributed by atoms with Gasteiger partial charge in [0.1, 0.15) is 5.92 Å². The molecule has 1 fully saturated rings. The average molecular weight is 322 g/mol. The Labute approximate surface area is 142 Å². The van der Waals surface area contributed by atoms with Crippen molar-refractivity contribution in [2.45, 2.75) is 32.6 Å². The highest BCUT2D eigenvalue weighted by Gasteiger charge is 2.59. The lowest BCUT2D eigenvalue weighted by Crippen LogP contribution is -2.59. The monoisotopic (exact) mass is 322 g/mol. The quantitative estimate of drug-likeness (QED) is 0.787. The summed E-state index contributed by atoms with van der Waals surface area (Å²) in [4.78, 5) is 28.0. The number of benzene rings is 1. The van der Waals surface area contributed by atoms with E-state index in [1.165, 1.54) is 0 Å². The highest BCUT2D eigenvalue weighted by molar-refractivity contribution is 6.02. The minimum atomic E-state index is -0.909. The molecule has 24 heavy (non-hydrogen) atoms. The van der Waals surface area contributed by atoms with Crippen LogP contribution in [0.1, 0.15) is 32.8 Å². The average Bonchev–Trinajstić information content (AvgIpc) is 2.60. The number of amides is 1. The molecule has 124 valence electrons. The molecule has 1 aromatic carbocycles. The summed E-state index contributed by atoms with van der Waals surface area (Å²) in [7, 11) is 0. The van der Waals surface area contributed by atoms with E-state index in [9.17, 15) is 14.9 Å². The molecule has 0 saturated heterocycles. The predicted octanol–water partition coefficient (Wildman–Crippen LogP) is 2.85. The number of carbonyl (C=O) groups is 2. The van der Waals surface area contributed by atoms with Crippen molar-refractivity contribution >= 4 is 11.7 Å². The molecule has 0 radical (unpaired) electrons. The molecule has 3 rings (SSSR count). The summed E-state index contributed by atoms with van der Waals surface area (Å²) >= 11 is 0. The van der Waals surface area contributed by atoms with Gasteiger partial charge in [-0.3, -0.25) is 9.59 Å². The minimum Gasteiger partial charge on any atom is -0.338 e. The van der Waals surface area contributed by atoms with Crippen LogP contribution in [0.15, 0.2) is 42.0 Å². The van der Waals surface area contributed by atoms with Gasteiger partial charge in [-0.05, 0) is 38.3 Å². The molecule has 2 unspecified atom stereocenters. The molecule has 2 aliphatic rings. The minimum absolute atomic E-state index is 0.00882. The van der Waals surface area contributed by atoms with Gasteiger partial charge in [0, 0.05) is 18.5 Å². The molecular formula is C20H22N2O2. The number of fused-ring (bicyclic) bond motifs is 1. The Bertz CT molecular complexity index is 758. The zero-order valence-electron chi connectivity index (χ0n) is 14.4. The summed E-state index contributed by atoms with van der Waals surface area (Å²) in [5.74, 6) is -0.840. The molecule has 0 aromatic heterocycles. The molecule has 0 spiro atoms. The van der Waals surface area contributed by atoms with Crippen LogP contribution in [0, 0.1) is 22.7 Å². The van der Waals surface area contributed by atoms with Crippen LogP contribution in [0.2, 0.25) is 0 Å². The van der Waals surface area contributed by atoms with Crippen molar-refractivity contribution in [2.75, 3.05) is 13.1 Å². The van der Waals surface area contributed by atoms with E-state index in [1.807, 2.05) is 57.2 Å². The smallest absolute Gasteiger partial charge is 0.237 e. The summed E-state index contributed by atoms with van der Waals surface area (Å²) in [6, 6.07) is 11.7. The summed E-state index contributed by atoms with van der Waals surface area (Å²) < 4.78 is 0. The Balaban J connectivity index is 2.30. The molecular weight excluding hydrogens is 300 g/mol. The first kappa shape index (κ1) is 16.4. The Hall–Kier alpha value is -2.41. The normalized spacial score (nSPS) is 28.8. The van der Waals surface area contributed by atoms with Gasteiger partial charge >= 0.3 is 0 Å². The second-order valence-corrected chi connectivity index (χ2v) is 7.11. The fourth-order valence-electron chi connectivity index (χ4n) is 4.29. The van der Waals surface area contributed by atoms with E-state index in [0.29, 0.717) is 13.1 Å². The number of nitrogens with zero attached hydrogens (tertiary/aromatic N) is 2. The van der Waals surface area contributed by atoms with Crippen LogP contribution < -0.4 is 0 Å². The lowest BCUT2D eigenvalue weighted by molar-refractivity contribution is -0.142. The standard InChI is InChI=1S/C20H22N2O2/c1-4-22-11-10-16-19(2,3)17(23)14(13-21)12-20(16,18(22)24)15-8-6-5-7-9-15/h5-10,14H,4,11-12H2,1-3H3. The van der Waals surface area contributed by atoms with Crippen molar-refractivity contribution in [1.82, 2.24) is 4.90 Å². The summed E-state index contributed by atoms with van der Waals surface area (Å²) in [6.07, 6.45) is 2.26. The van der Waals surface area contributed by atoms with Crippen LogP contribution in [0.25, 0.3) is 0 Å². The van der Waals surface area contributed by atoms with Gasteiger partial charge in [-0.15, -0.1) is 0 Å². The van der Waals surface area contributed by atoms with Crippen molar-refractivity contribution in [3.8, 4) is 6.07 Å². The lowest BCUT2D eigenvalue weighted by atomic mass is 9.52. The number of rotatable bonds is 2. The summed E-state index contributed by atoms with van der Waals surface area (Å²) in [6.45, 7) is 6.78. The van der Waals surface area contributed by atoms with E-state index < -0.39 is 16.7 Å². The molecule has 1 saturated carbocycles. The van der Waals surface area contributed by atoms with Gasteiger partial charge < -0.3 is 4.90 Å². The molecule has 0 bridgehead atoms. The number of likely N-dealkylation sites (N-methyl/N-ethyl adjacent to an activating group) is 1. The van der Waals surface area contributed by atoms with E-state index in [1.54, 1.807) is 4.90 Å². The first-order valence-corrected chi connectivity index (χ1v) is 8.39. The molecule has 0 N–H and O–H groups in total. The molecule has 1 heterocycles. The van der Waals surface area contributed by atoms with Gasteiger partial charge in [0.2, 0.25) is 5.91 Å². The van der Waals surface area contributed by atoms with Crippen LogP contribution >= 0.6 is 0 Å². The molecule has 1 aliphatic heterocycles. The fourth-order valence-corrected chi connectivity index (χ4v) is 4.29. The number of ketones is 1. The van der Waals surface area contributed by atoms with Gasteiger partial charge in [0.25, 0.3) is 0 Å². The third-order valence-corrected chi connectivity index (χ3v) is 5.55. The third-order valence-electron chi connectivity index (χ3n) is 5.55. The highest BCUT2D eigenvalue weighted by Crippen LogP contribution is 2.54. The van der Waals surface area contributed by atoms with E-state index >= 15 is 0 Å². The van der Waals surface area contributed by atoms with Gasteiger partial charge in [0.05, 0.1) is 11.5 Å². The maximum atomic E-state index is 13.4. The van der Waals surface area contributed by atoms with Crippen LogP contribution in [0.4, 0.5) is 0 Å². The Kier molecular flexibility index (Phi) is 3.83. The largest absolute Gasteiger partial charge is 0.338 e. The maximum Gasteiger partial charge on any atom is 0.237 e. The number of hydrogen-bond donors (Lipinski definition) is 0. The van der Waals surface area contributed by atoms with Crippen molar-refractivity contribution in [3.63, 3.8) is 0 Å². The van der Waals surface area contributed by atoms with Crippen LogP contribution in [0.5, 0.6) is 0 Å². The SMILES string of the molecule is CCN1CC=C2C(C)(C)C(=O)C(C#N)CC2(c2ccccc2)C1=O. The van der Waals surface area contributed by atoms with E-state index in [0.717, 1.165) is 11.1 Å². The number of hydrogen-bond acceptors (Lipinski definition) is 3. The zero-order chi connectivity index (χ0) is 17.5. The van der Waals surface area contributed by atoms with Gasteiger partial charge in [-0.25, -0.2) is 0 Å². The van der Waals surface area contributed by atoms with E-state index in [2.05, 4.69) is 6.07 Å². The van der Waals surface area contributed by atoms with Gasteiger partial charge in [0.15, 0.2) is 5.78 Å². The number of nitriles is 1. The Morgan fingerprint density at radius 2 is 1.92 bits per heavy atom. The fraction of sp³-hybridized carbons (Fsp3) is 0.450. The van der Waals surface area contributed by atoms with E-state index in [4.69, 9.17) is 0 Å². The molecule has 1 aromatic rings. The first-order chi connectivity index (χ1) is 11.4. The van der Waals surface area contributed by atoms with E-state index in [-0.39, 0.29) is 18.1 Å². The molecule has 4 nitrogen and oxygen atoms in total. The van der Waals surface area contributed by atoms with Crippen molar-refractivity contribution in [2.24, 2.45) is 11.3 Å². The molecule has 4 heteroatoms. The Morgan fingerprint density at radius 3 is 2.50 bits per heavy atom. The van der Waals surface area contributed by atoms with Gasteiger partial charge in [-0.1, -0.05) is 36.4 Å². The third kappa shape index (κ3) is 2.04. The predicted molar refractivity (Wildman–Crippen MR) is 91.0 cm³/mol. The lowest BCUT2D eigenvalue weighted by Gasteiger charge is -2.51. The molecule has 1 amide bonds. The Morgan fingerprint density at radius 1 is 1.25 bits per heavy atom. The topological polar surface area (TPSA) is 61.2 Å². The van der Waals surface area contributed by atoms with Gasteiger partial charge in [-0.2, -0.15) is 5.26 Å². The first-order valence-electron chi connectivity index (χ1n) is 8.39. The van der Waals surface area contributed by atoms with Crippen molar-refractivity contribution in [1.29, 1.82) is 5.26 Å². The summed E-state index contributed by atoms with van der Waals surface area (Å²) in [5.41, 5.74) is 0.00439. The number of carbonyl (C=O) groups excluding carboxylic acids is 2. The number of Topliss-reactive ketones (excluding diaryl/α,β-unsaturated/α-hetero) is 1. The highest BCUT2D eigenvalue weighted by atomic mass is 16.2. The zero-order valence-corrected chi connectivity index (χ0v) is 14.4. The van der Waals surface area contributed by atoms with Crippen molar-refractivity contribution in [3.05, 3.63) is 47.5 Å². The maximum absolute atomic E-state index is 13.4. The van der Waals surface area contributed by atoms with Crippen molar-refractivity contribution < 1.29 is 9.59 Å². The molecule has 1 aliphatic carbocycles. The second kappa shape index (κ2) is 5.59. The molecule has 2 atom stereocenters.